The molecule has 2 aromatic rings. The Morgan fingerprint density at radius 2 is 1.71 bits per heavy atom. The van der Waals surface area contributed by atoms with Crippen molar-refractivity contribution in [3.63, 3.8) is 0 Å². The molecule has 0 radical (unpaired) electrons. The first-order chi connectivity index (χ1) is 14.9. The Labute approximate surface area is 184 Å². The molecule has 0 unspecified atom stereocenters. The summed E-state index contributed by atoms with van der Waals surface area (Å²) < 4.78 is 5.47. The second kappa shape index (κ2) is 10.3. The van der Waals surface area contributed by atoms with Crippen molar-refractivity contribution in [1.82, 2.24) is 9.80 Å². The maximum absolute atomic E-state index is 12.9. The highest BCUT2D eigenvalue weighted by atomic mass is 16.5. The quantitative estimate of drug-likeness (QED) is 0.740. The van der Waals surface area contributed by atoms with Crippen molar-refractivity contribution < 1.29 is 14.3 Å². The number of anilines is 2. The summed E-state index contributed by atoms with van der Waals surface area (Å²) in [4.78, 5) is 31.2. The van der Waals surface area contributed by atoms with Crippen LogP contribution >= 0.6 is 0 Å². The summed E-state index contributed by atoms with van der Waals surface area (Å²) >= 11 is 0. The lowest BCUT2D eigenvalue weighted by molar-refractivity contribution is -0.137. The SMILES string of the molecule is COc1ccccc1N1CCN([C@H](C)C(=O)N(C)CC(=O)Nc2ccc(C)cc2)CC1. The number of likely N-dealkylation sites (N-methyl/N-ethyl adjacent to an activating group) is 1. The monoisotopic (exact) mass is 424 g/mol. The van der Waals surface area contributed by atoms with Gasteiger partial charge in [-0.2, -0.15) is 0 Å². The second-order valence-electron chi connectivity index (χ2n) is 7.98. The number of carbonyl (C=O) groups is 2. The van der Waals surface area contributed by atoms with E-state index in [0.717, 1.165) is 48.9 Å². The van der Waals surface area contributed by atoms with E-state index in [4.69, 9.17) is 4.74 Å². The lowest BCUT2D eigenvalue weighted by Crippen LogP contribution is -2.54. The van der Waals surface area contributed by atoms with Crippen molar-refractivity contribution in [2.75, 3.05) is 57.1 Å². The Kier molecular flexibility index (Phi) is 7.52. The molecule has 1 heterocycles. The molecule has 0 saturated carbocycles. The molecule has 1 aliphatic heterocycles. The summed E-state index contributed by atoms with van der Waals surface area (Å²) in [6.45, 7) is 7.11. The zero-order valence-corrected chi connectivity index (χ0v) is 18.8. The van der Waals surface area contributed by atoms with Gasteiger partial charge in [0.1, 0.15) is 5.75 Å². The predicted molar refractivity (Wildman–Crippen MR) is 124 cm³/mol. The number of hydrogen-bond acceptors (Lipinski definition) is 5. The van der Waals surface area contributed by atoms with E-state index in [2.05, 4.69) is 21.2 Å². The Bertz CT molecular complexity index is 892. The van der Waals surface area contributed by atoms with Crippen LogP contribution < -0.4 is 15.0 Å². The Balaban J connectivity index is 1.50. The van der Waals surface area contributed by atoms with Crippen molar-refractivity contribution in [3.05, 3.63) is 54.1 Å². The number of hydrogen-bond donors (Lipinski definition) is 1. The van der Waals surface area contributed by atoms with Crippen LogP contribution in [0, 0.1) is 6.92 Å². The molecule has 0 aliphatic carbocycles. The molecule has 166 valence electrons. The molecule has 3 rings (SSSR count). The van der Waals surface area contributed by atoms with E-state index < -0.39 is 0 Å². The number of carbonyl (C=O) groups excluding carboxylic acids is 2. The van der Waals surface area contributed by atoms with Crippen LogP contribution in [0.2, 0.25) is 0 Å². The van der Waals surface area contributed by atoms with E-state index in [1.807, 2.05) is 56.3 Å². The van der Waals surface area contributed by atoms with Gasteiger partial charge in [-0.3, -0.25) is 14.5 Å². The molecule has 0 bridgehead atoms. The highest BCUT2D eigenvalue weighted by Gasteiger charge is 2.28. The summed E-state index contributed by atoms with van der Waals surface area (Å²) in [6.07, 6.45) is 0. The Hall–Kier alpha value is -3.06. The van der Waals surface area contributed by atoms with Gasteiger partial charge in [0.2, 0.25) is 11.8 Å². The molecule has 1 aliphatic rings. The molecule has 31 heavy (non-hydrogen) atoms. The molecule has 1 saturated heterocycles. The van der Waals surface area contributed by atoms with E-state index in [1.165, 1.54) is 4.90 Å². The lowest BCUT2D eigenvalue weighted by Gasteiger charge is -2.39. The fraction of sp³-hybridized carbons (Fsp3) is 0.417. The normalized spacial score (nSPS) is 15.3. The molecule has 0 aromatic heterocycles. The number of nitrogens with zero attached hydrogens (tertiary/aromatic N) is 3. The summed E-state index contributed by atoms with van der Waals surface area (Å²) in [5.74, 6) is 0.608. The number of amides is 2. The first-order valence-electron chi connectivity index (χ1n) is 10.6. The van der Waals surface area contributed by atoms with Crippen LogP contribution in [0.15, 0.2) is 48.5 Å². The van der Waals surface area contributed by atoms with Crippen LogP contribution in [-0.4, -0.2) is 74.5 Å². The number of piperazine rings is 1. The molecule has 7 nitrogen and oxygen atoms in total. The number of aryl methyl sites for hydroxylation is 1. The van der Waals surface area contributed by atoms with Crippen molar-refractivity contribution >= 4 is 23.2 Å². The fourth-order valence-corrected chi connectivity index (χ4v) is 3.85. The fourth-order valence-electron chi connectivity index (χ4n) is 3.85. The average Bonchev–Trinajstić information content (AvgIpc) is 2.79. The Morgan fingerprint density at radius 1 is 1.06 bits per heavy atom. The standard InChI is InChI=1S/C24H32N4O3/c1-18-9-11-20(12-10-18)25-23(29)17-26(3)24(30)19(2)27-13-15-28(16-14-27)21-7-5-6-8-22(21)31-4/h5-12,19H,13-17H2,1-4H3,(H,25,29)/t19-/m1/s1. The molecular weight excluding hydrogens is 392 g/mol. The van der Waals surface area contributed by atoms with E-state index in [0.29, 0.717) is 0 Å². The molecular formula is C24H32N4O3. The van der Waals surface area contributed by atoms with Gasteiger partial charge in [0.25, 0.3) is 0 Å². The van der Waals surface area contributed by atoms with Crippen molar-refractivity contribution in [3.8, 4) is 5.75 Å². The smallest absolute Gasteiger partial charge is 0.243 e. The van der Waals surface area contributed by atoms with Crippen LogP contribution in [0.25, 0.3) is 0 Å². The van der Waals surface area contributed by atoms with Gasteiger partial charge in [-0.15, -0.1) is 0 Å². The van der Waals surface area contributed by atoms with Gasteiger partial charge in [-0.25, -0.2) is 0 Å². The van der Waals surface area contributed by atoms with Crippen molar-refractivity contribution in [2.45, 2.75) is 19.9 Å². The van der Waals surface area contributed by atoms with Gasteiger partial charge in [0, 0.05) is 38.9 Å². The molecule has 0 spiro atoms. The molecule has 7 heteroatoms. The molecule has 1 fully saturated rings. The number of ether oxygens (including phenoxy) is 1. The van der Waals surface area contributed by atoms with Crippen LogP contribution in [-0.2, 0) is 9.59 Å². The molecule has 1 N–H and O–H groups in total. The maximum Gasteiger partial charge on any atom is 0.243 e. The predicted octanol–water partition coefficient (Wildman–Crippen LogP) is 2.61. The summed E-state index contributed by atoms with van der Waals surface area (Å²) in [5.41, 5.74) is 2.94. The van der Waals surface area contributed by atoms with E-state index in [9.17, 15) is 9.59 Å². The zero-order chi connectivity index (χ0) is 22.4. The third kappa shape index (κ3) is 5.76. The number of benzene rings is 2. The third-order valence-electron chi connectivity index (χ3n) is 5.74. The van der Waals surface area contributed by atoms with E-state index in [1.54, 1.807) is 14.2 Å². The third-order valence-corrected chi connectivity index (χ3v) is 5.74. The number of para-hydroxylation sites is 2. The van der Waals surface area contributed by atoms with E-state index in [-0.39, 0.29) is 24.4 Å². The van der Waals surface area contributed by atoms with Gasteiger partial charge in [0.15, 0.2) is 0 Å². The lowest BCUT2D eigenvalue weighted by atomic mass is 10.1. The highest BCUT2D eigenvalue weighted by Crippen LogP contribution is 2.28. The summed E-state index contributed by atoms with van der Waals surface area (Å²) in [7, 11) is 3.36. The first-order valence-corrected chi connectivity index (χ1v) is 10.6. The largest absolute Gasteiger partial charge is 0.495 e. The minimum atomic E-state index is -0.281. The van der Waals surface area contributed by atoms with Gasteiger partial charge in [-0.05, 0) is 38.1 Å². The van der Waals surface area contributed by atoms with Crippen LogP contribution in [0.4, 0.5) is 11.4 Å². The van der Waals surface area contributed by atoms with Gasteiger partial charge < -0.3 is 19.9 Å². The van der Waals surface area contributed by atoms with Crippen LogP contribution in [0.3, 0.4) is 0 Å². The minimum absolute atomic E-state index is 0.0260. The van der Waals surface area contributed by atoms with E-state index >= 15 is 0 Å². The molecule has 2 amide bonds. The van der Waals surface area contributed by atoms with Crippen LogP contribution in [0.1, 0.15) is 12.5 Å². The van der Waals surface area contributed by atoms with Gasteiger partial charge in [-0.1, -0.05) is 29.8 Å². The Morgan fingerprint density at radius 3 is 2.35 bits per heavy atom. The van der Waals surface area contributed by atoms with Crippen molar-refractivity contribution in [2.24, 2.45) is 0 Å². The van der Waals surface area contributed by atoms with Gasteiger partial charge >= 0.3 is 0 Å². The second-order valence-corrected chi connectivity index (χ2v) is 7.98. The highest BCUT2D eigenvalue weighted by molar-refractivity contribution is 5.95. The zero-order valence-electron chi connectivity index (χ0n) is 18.8. The van der Waals surface area contributed by atoms with Crippen molar-refractivity contribution in [1.29, 1.82) is 0 Å². The molecule has 2 aromatic carbocycles. The average molecular weight is 425 g/mol. The maximum atomic E-state index is 12.9. The summed E-state index contributed by atoms with van der Waals surface area (Å²) in [6, 6.07) is 15.3. The molecule has 1 atom stereocenters. The minimum Gasteiger partial charge on any atom is -0.495 e. The topological polar surface area (TPSA) is 65.1 Å². The van der Waals surface area contributed by atoms with Crippen LogP contribution in [0.5, 0.6) is 5.75 Å². The number of rotatable bonds is 7. The number of methoxy groups -OCH3 is 1. The first kappa shape index (κ1) is 22.6. The number of nitrogens with one attached hydrogen (secondary N) is 1. The van der Waals surface area contributed by atoms with Gasteiger partial charge in [0.05, 0.1) is 25.4 Å². The summed E-state index contributed by atoms with van der Waals surface area (Å²) in [5, 5.41) is 2.84.